The molecule has 1 aromatic rings. The largest absolute Gasteiger partial charge is 0.411 e. The minimum Gasteiger partial charge on any atom is -0.411 e. The van der Waals surface area contributed by atoms with E-state index in [4.69, 9.17) is 10.5 Å². The van der Waals surface area contributed by atoms with Crippen molar-refractivity contribution in [2.75, 3.05) is 0 Å². The number of hydrogen-bond acceptors (Lipinski definition) is 3. The van der Waals surface area contributed by atoms with Gasteiger partial charge in [0.25, 0.3) is 0 Å². The summed E-state index contributed by atoms with van der Waals surface area (Å²) in [4.78, 5) is 0. The highest BCUT2D eigenvalue weighted by Crippen LogP contribution is 2.05. The molecule has 3 heteroatoms. The minimum atomic E-state index is 0.401. The van der Waals surface area contributed by atoms with E-state index >= 15 is 0 Å². The van der Waals surface area contributed by atoms with Crippen LogP contribution in [0.4, 0.5) is 0 Å². The topological polar surface area (TPSA) is 56.4 Å². The molecule has 0 radical (unpaired) electrons. The van der Waals surface area contributed by atoms with E-state index in [-0.39, 0.29) is 0 Å². The Morgan fingerprint density at radius 3 is 2.93 bits per heavy atom. The first-order valence-electron chi connectivity index (χ1n) is 4.18. The molecule has 0 aliphatic heterocycles. The van der Waals surface area contributed by atoms with Crippen molar-refractivity contribution in [1.82, 2.24) is 0 Å². The summed E-state index contributed by atoms with van der Waals surface area (Å²) >= 11 is 0. The monoisotopic (exact) mass is 186 g/mol. The highest BCUT2D eigenvalue weighted by Gasteiger charge is 1.89. The summed E-state index contributed by atoms with van der Waals surface area (Å²) in [6.07, 6.45) is 5.41. The van der Waals surface area contributed by atoms with Crippen LogP contribution in [0.1, 0.15) is 17.5 Å². The second kappa shape index (κ2) is 5.55. The molecule has 0 atom stereocenters. The fourth-order valence-corrected chi connectivity index (χ4v) is 1.06. The van der Waals surface area contributed by atoms with Crippen LogP contribution in [0.2, 0.25) is 0 Å². The highest BCUT2D eigenvalue weighted by molar-refractivity contribution is 5.80. The number of nitriles is 1. The van der Waals surface area contributed by atoms with Gasteiger partial charge < -0.3 is 5.21 Å². The van der Waals surface area contributed by atoms with Gasteiger partial charge >= 0.3 is 0 Å². The first-order valence-corrected chi connectivity index (χ1v) is 4.18. The fourth-order valence-electron chi connectivity index (χ4n) is 1.06. The van der Waals surface area contributed by atoms with Gasteiger partial charge in [-0.05, 0) is 17.2 Å². The van der Waals surface area contributed by atoms with E-state index in [1.54, 1.807) is 6.08 Å². The third-order valence-corrected chi connectivity index (χ3v) is 1.64. The zero-order valence-corrected chi connectivity index (χ0v) is 7.59. The third-order valence-electron chi connectivity index (χ3n) is 1.64. The summed E-state index contributed by atoms with van der Waals surface area (Å²) in [5.74, 6) is 0. The molecule has 0 aliphatic carbocycles. The summed E-state index contributed by atoms with van der Waals surface area (Å²) in [6.45, 7) is 0. The molecular formula is C11H10N2O. The van der Waals surface area contributed by atoms with Gasteiger partial charge in [0.05, 0.1) is 18.7 Å². The Morgan fingerprint density at radius 2 is 2.21 bits per heavy atom. The average molecular weight is 186 g/mol. The van der Waals surface area contributed by atoms with Gasteiger partial charge in [0, 0.05) is 0 Å². The molecule has 1 N–H and O–H groups in total. The quantitative estimate of drug-likeness (QED) is 0.447. The summed E-state index contributed by atoms with van der Waals surface area (Å²) < 4.78 is 0. The highest BCUT2D eigenvalue weighted by atomic mass is 16.4. The molecule has 0 aliphatic rings. The lowest BCUT2D eigenvalue weighted by molar-refractivity contribution is 0.322. The Labute approximate surface area is 82.6 Å². The number of oxime groups is 1. The van der Waals surface area contributed by atoms with Crippen molar-refractivity contribution in [1.29, 1.82) is 5.26 Å². The van der Waals surface area contributed by atoms with E-state index in [0.29, 0.717) is 6.42 Å². The molecule has 0 spiro atoms. The van der Waals surface area contributed by atoms with Crippen LogP contribution in [0.25, 0.3) is 6.08 Å². The first kappa shape index (κ1) is 10.0. The molecule has 0 saturated heterocycles. The molecule has 1 aromatic carbocycles. The van der Waals surface area contributed by atoms with Crippen molar-refractivity contribution in [2.24, 2.45) is 5.16 Å². The first-order chi connectivity index (χ1) is 6.86. The summed E-state index contributed by atoms with van der Waals surface area (Å²) in [5, 5.41) is 19.6. The predicted octanol–water partition coefficient (Wildman–Crippen LogP) is 2.42. The molecule has 0 unspecified atom stereocenters. The number of nitrogens with zero attached hydrogens (tertiary/aromatic N) is 2. The van der Waals surface area contributed by atoms with E-state index in [0.717, 1.165) is 11.1 Å². The zero-order valence-electron chi connectivity index (χ0n) is 7.59. The van der Waals surface area contributed by atoms with Gasteiger partial charge in [-0.25, -0.2) is 0 Å². The molecule has 1 rings (SSSR count). The number of rotatable bonds is 3. The van der Waals surface area contributed by atoms with Crippen LogP contribution in [0.5, 0.6) is 0 Å². The standard InChI is InChI=1S/C11H10N2O/c12-7-2-1-4-10-5-3-6-11(8-10)9-13-14/h1,3-6,8-9,14H,2H2. The van der Waals surface area contributed by atoms with E-state index < -0.39 is 0 Å². The Hall–Kier alpha value is -2.08. The number of benzene rings is 1. The molecular weight excluding hydrogens is 176 g/mol. The molecule has 0 heterocycles. The van der Waals surface area contributed by atoms with Gasteiger partial charge in [0.2, 0.25) is 0 Å². The smallest absolute Gasteiger partial charge is 0.0734 e. The van der Waals surface area contributed by atoms with Crippen molar-refractivity contribution in [2.45, 2.75) is 6.42 Å². The molecule has 70 valence electrons. The molecule has 0 amide bonds. The number of allylic oxidation sites excluding steroid dienone is 1. The van der Waals surface area contributed by atoms with E-state index in [1.807, 2.05) is 36.4 Å². The molecule has 0 aromatic heterocycles. The van der Waals surface area contributed by atoms with Gasteiger partial charge in [0.15, 0.2) is 0 Å². The van der Waals surface area contributed by atoms with Crippen LogP contribution in [-0.2, 0) is 0 Å². The maximum absolute atomic E-state index is 8.33. The van der Waals surface area contributed by atoms with Gasteiger partial charge in [-0.2, -0.15) is 5.26 Å². The SMILES string of the molecule is N#CCC=Cc1cccc(C=NO)c1. The Morgan fingerprint density at radius 1 is 1.43 bits per heavy atom. The summed E-state index contributed by atoms with van der Waals surface area (Å²) in [5.41, 5.74) is 1.81. The van der Waals surface area contributed by atoms with Crippen LogP contribution in [0, 0.1) is 11.3 Å². The van der Waals surface area contributed by atoms with Crippen molar-refractivity contribution in [3.8, 4) is 6.07 Å². The maximum atomic E-state index is 8.33. The normalized spacial score (nSPS) is 10.8. The number of hydrogen-bond donors (Lipinski definition) is 1. The lowest BCUT2D eigenvalue weighted by Crippen LogP contribution is -1.81. The maximum Gasteiger partial charge on any atom is 0.0734 e. The molecule has 0 fully saturated rings. The Kier molecular flexibility index (Phi) is 3.96. The Balaban J connectivity index is 2.79. The van der Waals surface area contributed by atoms with Gasteiger partial charge in [-0.1, -0.05) is 35.5 Å². The average Bonchev–Trinajstić information content (AvgIpc) is 2.19. The lowest BCUT2D eigenvalue weighted by atomic mass is 10.1. The summed E-state index contributed by atoms with van der Waals surface area (Å²) in [6, 6.07) is 9.51. The van der Waals surface area contributed by atoms with Gasteiger partial charge in [-0.3, -0.25) is 0 Å². The predicted molar refractivity (Wildman–Crippen MR) is 55.1 cm³/mol. The molecule has 0 saturated carbocycles. The van der Waals surface area contributed by atoms with E-state index in [1.165, 1.54) is 6.21 Å². The van der Waals surface area contributed by atoms with Crippen LogP contribution in [-0.4, -0.2) is 11.4 Å². The van der Waals surface area contributed by atoms with Crippen molar-refractivity contribution < 1.29 is 5.21 Å². The van der Waals surface area contributed by atoms with E-state index in [9.17, 15) is 0 Å². The molecule has 14 heavy (non-hydrogen) atoms. The second-order valence-corrected chi connectivity index (χ2v) is 2.68. The van der Waals surface area contributed by atoms with Crippen molar-refractivity contribution in [3.63, 3.8) is 0 Å². The lowest BCUT2D eigenvalue weighted by Gasteiger charge is -1.94. The minimum absolute atomic E-state index is 0.401. The Bertz CT molecular complexity index is 389. The summed E-state index contributed by atoms with van der Waals surface area (Å²) in [7, 11) is 0. The van der Waals surface area contributed by atoms with E-state index in [2.05, 4.69) is 5.16 Å². The van der Waals surface area contributed by atoms with Crippen LogP contribution in [0.15, 0.2) is 35.5 Å². The zero-order chi connectivity index (χ0) is 10.2. The van der Waals surface area contributed by atoms with Crippen LogP contribution < -0.4 is 0 Å². The molecule has 3 nitrogen and oxygen atoms in total. The van der Waals surface area contributed by atoms with Crippen LogP contribution in [0.3, 0.4) is 0 Å². The third kappa shape index (κ3) is 3.11. The van der Waals surface area contributed by atoms with Gasteiger partial charge in [-0.15, -0.1) is 0 Å². The molecule has 0 bridgehead atoms. The fraction of sp³-hybridized carbons (Fsp3) is 0.0909. The van der Waals surface area contributed by atoms with Crippen molar-refractivity contribution in [3.05, 3.63) is 41.5 Å². The van der Waals surface area contributed by atoms with Gasteiger partial charge in [0.1, 0.15) is 0 Å². The second-order valence-electron chi connectivity index (χ2n) is 2.68. The van der Waals surface area contributed by atoms with Crippen LogP contribution >= 0.6 is 0 Å². The van der Waals surface area contributed by atoms with Crippen molar-refractivity contribution >= 4 is 12.3 Å².